The van der Waals surface area contributed by atoms with Gasteiger partial charge in [0.25, 0.3) is 0 Å². The SMILES string of the molecule is CC(=O)OC[C@@H]1O[C@@H](O)[C@H](OC(C)=O)[C@H](OC(C)=O)[C@H]1OC(C)=O. The third-order valence-corrected chi connectivity index (χ3v) is 2.97. The third-order valence-electron chi connectivity index (χ3n) is 2.97. The van der Waals surface area contributed by atoms with Crippen LogP contribution in [0.25, 0.3) is 0 Å². The summed E-state index contributed by atoms with van der Waals surface area (Å²) in [4.78, 5) is 44.9. The Morgan fingerprint density at radius 1 is 0.792 bits per heavy atom. The van der Waals surface area contributed by atoms with Crippen LogP contribution in [0.3, 0.4) is 0 Å². The van der Waals surface area contributed by atoms with Gasteiger partial charge in [-0.2, -0.15) is 0 Å². The zero-order valence-electron chi connectivity index (χ0n) is 13.7. The molecule has 0 unspecified atom stereocenters. The van der Waals surface area contributed by atoms with E-state index in [1.807, 2.05) is 0 Å². The summed E-state index contributed by atoms with van der Waals surface area (Å²) in [7, 11) is 0. The van der Waals surface area contributed by atoms with E-state index in [1.54, 1.807) is 0 Å². The Balaban J connectivity index is 3.11. The molecule has 1 aliphatic rings. The summed E-state index contributed by atoms with van der Waals surface area (Å²) in [5.41, 5.74) is 0. The molecule has 0 amide bonds. The molecule has 0 spiro atoms. The minimum atomic E-state index is -1.68. The van der Waals surface area contributed by atoms with Gasteiger partial charge in [-0.1, -0.05) is 0 Å². The molecule has 136 valence electrons. The molecule has 10 heteroatoms. The minimum absolute atomic E-state index is 0.366. The van der Waals surface area contributed by atoms with Crippen molar-refractivity contribution in [2.75, 3.05) is 6.61 Å². The van der Waals surface area contributed by atoms with E-state index in [0.29, 0.717) is 0 Å². The van der Waals surface area contributed by atoms with Gasteiger partial charge in [0.15, 0.2) is 24.6 Å². The lowest BCUT2D eigenvalue weighted by Crippen LogP contribution is -2.62. The van der Waals surface area contributed by atoms with E-state index in [9.17, 15) is 24.3 Å². The molecular formula is C14H20O10. The second kappa shape index (κ2) is 8.60. The molecule has 24 heavy (non-hydrogen) atoms. The standard InChI is InChI=1S/C14H20O10/c1-6(15)20-5-10-11(21-7(2)16)12(22-8(3)17)13(14(19)24-10)23-9(4)18/h10-14,19H,5H2,1-4H3/t10-,11-,12+,13+,14+/m0/s1. The van der Waals surface area contributed by atoms with Gasteiger partial charge in [-0.3, -0.25) is 19.2 Å². The predicted molar refractivity (Wildman–Crippen MR) is 74.2 cm³/mol. The Kier molecular flexibility index (Phi) is 7.11. The van der Waals surface area contributed by atoms with Crippen LogP contribution in [0.2, 0.25) is 0 Å². The molecular weight excluding hydrogens is 328 g/mol. The zero-order chi connectivity index (χ0) is 18.4. The van der Waals surface area contributed by atoms with Gasteiger partial charge in [-0.05, 0) is 0 Å². The summed E-state index contributed by atoms with van der Waals surface area (Å²) in [5, 5.41) is 10.0. The number of hydrogen-bond donors (Lipinski definition) is 1. The minimum Gasteiger partial charge on any atom is -0.463 e. The van der Waals surface area contributed by atoms with Crippen molar-refractivity contribution in [1.82, 2.24) is 0 Å². The topological polar surface area (TPSA) is 135 Å². The second-order valence-electron chi connectivity index (χ2n) is 5.09. The lowest BCUT2D eigenvalue weighted by molar-refractivity contribution is -0.296. The molecule has 0 radical (unpaired) electrons. The van der Waals surface area contributed by atoms with Gasteiger partial charge in [0.1, 0.15) is 12.7 Å². The Morgan fingerprint density at radius 2 is 1.25 bits per heavy atom. The second-order valence-corrected chi connectivity index (χ2v) is 5.09. The largest absolute Gasteiger partial charge is 0.463 e. The number of aliphatic hydroxyl groups excluding tert-OH is 1. The monoisotopic (exact) mass is 348 g/mol. The van der Waals surface area contributed by atoms with Crippen LogP contribution in [0.4, 0.5) is 0 Å². The fraction of sp³-hybridized carbons (Fsp3) is 0.714. The van der Waals surface area contributed by atoms with E-state index < -0.39 is 54.6 Å². The van der Waals surface area contributed by atoms with E-state index >= 15 is 0 Å². The number of hydrogen-bond acceptors (Lipinski definition) is 10. The van der Waals surface area contributed by atoms with Crippen LogP contribution in [0.5, 0.6) is 0 Å². The molecule has 5 atom stereocenters. The number of aliphatic hydroxyl groups is 1. The van der Waals surface area contributed by atoms with Crippen molar-refractivity contribution in [1.29, 1.82) is 0 Å². The van der Waals surface area contributed by atoms with E-state index in [2.05, 4.69) is 0 Å². The van der Waals surface area contributed by atoms with Crippen LogP contribution in [0.15, 0.2) is 0 Å². The molecule has 0 aliphatic carbocycles. The first-order valence-electron chi connectivity index (χ1n) is 7.10. The molecule has 0 bridgehead atoms. The van der Waals surface area contributed by atoms with Crippen molar-refractivity contribution >= 4 is 23.9 Å². The molecule has 1 N–H and O–H groups in total. The van der Waals surface area contributed by atoms with Gasteiger partial charge in [-0.25, -0.2) is 0 Å². The van der Waals surface area contributed by atoms with Crippen molar-refractivity contribution in [3.8, 4) is 0 Å². The van der Waals surface area contributed by atoms with Gasteiger partial charge in [0.05, 0.1) is 0 Å². The first-order chi connectivity index (χ1) is 11.1. The van der Waals surface area contributed by atoms with Crippen LogP contribution in [0, 0.1) is 0 Å². The number of esters is 4. The molecule has 0 aromatic rings. The summed E-state index contributed by atoms with van der Waals surface area (Å²) >= 11 is 0. The van der Waals surface area contributed by atoms with E-state index in [-0.39, 0.29) is 6.61 Å². The number of carbonyl (C=O) groups excluding carboxylic acids is 4. The van der Waals surface area contributed by atoms with Crippen LogP contribution >= 0.6 is 0 Å². The normalized spacial score (nSPS) is 29.3. The maximum atomic E-state index is 11.3. The quantitative estimate of drug-likeness (QED) is 0.490. The van der Waals surface area contributed by atoms with E-state index in [4.69, 9.17) is 23.7 Å². The highest BCUT2D eigenvalue weighted by atomic mass is 16.7. The molecule has 0 aromatic heterocycles. The van der Waals surface area contributed by atoms with Gasteiger partial charge in [0, 0.05) is 27.7 Å². The van der Waals surface area contributed by atoms with E-state index in [1.165, 1.54) is 0 Å². The molecule has 0 saturated carbocycles. The fourth-order valence-corrected chi connectivity index (χ4v) is 2.21. The maximum absolute atomic E-state index is 11.3. The van der Waals surface area contributed by atoms with Crippen LogP contribution in [-0.4, -0.2) is 66.3 Å². The van der Waals surface area contributed by atoms with Crippen molar-refractivity contribution in [2.45, 2.75) is 58.4 Å². The average molecular weight is 348 g/mol. The molecule has 0 aromatic carbocycles. The fourth-order valence-electron chi connectivity index (χ4n) is 2.21. The molecule has 1 saturated heterocycles. The van der Waals surface area contributed by atoms with Gasteiger partial charge < -0.3 is 28.8 Å². The predicted octanol–water partition coefficient (Wildman–Crippen LogP) is -0.938. The number of rotatable bonds is 5. The average Bonchev–Trinajstić information content (AvgIpc) is 2.42. The highest BCUT2D eigenvalue weighted by molar-refractivity contribution is 5.68. The highest BCUT2D eigenvalue weighted by Crippen LogP contribution is 2.28. The van der Waals surface area contributed by atoms with E-state index in [0.717, 1.165) is 27.7 Å². The summed E-state index contributed by atoms with van der Waals surface area (Å²) in [6.45, 7) is 4.09. The molecule has 10 nitrogen and oxygen atoms in total. The summed E-state index contributed by atoms with van der Waals surface area (Å²) < 4.78 is 25.0. The Hall–Kier alpha value is -2.20. The number of carbonyl (C=O) groups is 4. The molecule has 1 fully saturated rings. The van der Waals surface area contributed by atoms with Crippen molar-refractivity contribution in [3.63, 3.8) is 0 Å². The van der Waals surface area contributed by atoms with Crippen LogP contribution in [-0.2, 0) is 42.9 Å². The lowest BCUT2D eigenvalue weighted by Gasteiger charge is -2.42. The summed E-state index contributed by atoms with van der Waals surface area (Å²) in [5.74, 6) is -2.87. The number of ether oxygens (including phenoxy) is 5. The summed E-state index contributed by atoms with van der Waals surface area (Å²) in [6.07, 6.45) is -6.79. The third kappa shape index (κ3) is 5.78. The van der Waals surface area contributed by atoms with Gasteiger partial charge >= 0.3 is 23.9 Å². The first-order valence-corrected chi connectivity index (χ1v) is 7.10. The van der Waals surface area contributed by atoms with Crippen molar-refractivity contribution < 1.29 is 48.0 Å². The molecule has 1 aliphatic heterocycles. The lowest BCUT2D eigenvalue weighted by atomic mass is 9.98. The first kappa shape index (κ1) is 19.8. The Morgan fingerprint density at radius 3 is 1.71 bits per heavy atom. The van der Waals surface area contributed by atoms with Crippen molar-refractivity contribution in [2.24, 2.45) is 0 Å². The Bertz CT molecular complexity index is 502. The van der Waals surface area contributed by atoms with Crippen LogP contribution < -0.4 is 0 Å². The van der Waals surface area contributed by atoms with Gasteiger partial charge in [0.2, 0.25) is 0 Å². The summed E-state index contributed by atoms with van der Waals surface area (Å²) in [6, 6.07) is 0. The Labute approximate surface area is 137 Å². The highest BCUT2D eigenvalue weighted by Gasteiger charge is 2.51. The van der Waals surface area contributed by atoms with Gasteiger partial charge in [-0.15, -0.1) is 0 Å². The smallest absolute Gasteiger partial charge is 0.303 e. The molecule has 1 rings (SSSR count). The van der Waals surface area contributed by atoms with Crippen LogP contribution in [0.1, 0.15) is 27.7 Å². The zero-order valence-corrected chi connectivity index (χ0v) is 13.7. The maximum Gasteiger partial charge on any atom is 0.303 e. The van der Waals surface area contributed by atoms with Crippen molar-refractivity contribution in [3.05, 3.63) is 0 Å². The molecule has 1 heterocycles.